The van der Waals surface area contributed by atoms with Crippen LogP contribution in [0.4, 0.5) is 15.2 Å². The molecule has 3 aromatic rings. The number of anilines is 2. The summed E-state index contributed by atoms with van der Waals surface area (Å²) in [6.07, 6.45) is -0.711. The number of thiazole rings is 1. The summed E-state index contributed by atoms with van der Waals surface area (Å²) in [5.74, 6) is -1.13. The molecule has 4 rings (SSSR count). The average Bonchev–Trinajstić information content (AvgIpc) is 3.44. The average molecular weight is 482 g/mol. The van der Waals surface area contributed by atoms with E-state index in [-0.39, 0.29) is 24.8 Å². The Hall–Kier alpha value is -3.59. The number of esters is 1. The maximum absolute atomic E-state index is 13.4. The molecule has 0 bridgehead atoms. The van der Waals surface area contributed by atoms with Crippen molar-refractivity contribution >= 4 is 39.7 Å². The maximum atomic E-state index is 13.4. The van der Waals surface area contributed by atoms with Crippen LogP contribution in [0.5, 0.6) is 0 Å². The zero-order valence-corrected chi connectivity index (χ0v) is 20.1. The fraction of sp³-hybridized carbons (Fsp3) is 0.280. The molecular weight excluding hydrogens is 457 g/mol. The van der Waals surface area contributed by atoms with Crippen LogP contribution in [0.1, 0.15) is 41.3 Å². The molecule has 1 aromatic heterocycles. The zero-order chi connectivity index (χ0) is 24.4. The summed E-state index contributed by atoms with van der Waals surface area (Å²) < 4.78 is 18.8. The molecule has 1 aliphatic heterocycles. The van der Waals surface area contributed by atoms with Crippen molar-refractivity contribution in [3.8, 4) is 0 Å². The monoisotopic (exact) mass is 481 g/mol. The highest BCUT2D eigenvalue weighted by atomic mass is 32.1. The van der Waals surface area contributed by atoms with E-state index < -0.39 is 12.1 Å². The molecule has 2 aromatic carbocycles. The van der Waals surface area contributed by atoms with Crippen molar-refractivity contribution in [2.45, 2.75) is 46.8 Å². The molecule has 0 fully saturated rings. The molecule has 34 heavy (non-hydrogen) atoms. The predicted molar refractivity (Wildman–Crippen MR) is 128 cm³/mol. The first-order chi connectivity index (χ1) is 16.2. The van der Waals surface area contributed by atoms with E-state index in [1.165, 1.54) is 30.4 Å². The van der Waals surface area contributed by atoms with Crippen LogP contribution in [0.3, 0.4) is 0 Å². The highest BCUT2D eigenvalue weighted by Crippen LogP contribution is 2.34. The lowest BCUT2D eigenvalue weighted by Gasteiger charge is -2.23. The number of carbonyl (C=O) groups excluding carboxylic acids is 2. The van der Waals surface area contributed by atoms with E-state index in [2.05, 4.69) is 10.1 Å². The number of benzene rings is 2. The summed E-state index contributed by atoms with van der Waals surface area (Å²) in [6, 6.07) is 10.00. The number of nitrogens with zero attached hydrogens (tertiary/aromatic N) is 3. The van der Waals surface area contributed by atoms with Crippen LogP contribution in [-0.4, -0.2) is 28.7 Å². The Morgan fingerprint density at radius 2 is 1.94 bits per heavy atom. The van der Waals surface area contributed by atoms with E-state index in [1.54, 1.807) is 22.4 Å². The number of aromatic nitrogens is 1. The standard InChI is InChI=1S/C25H24FN3O4S/c1-14-8-15(2)23(16(3)9-14)29(17(4)30)25-27-20(13-34-25)12-32-24(31)22-11-21(28-33-22)18-6-5-7-19(26)10-18/h5-10,13,22H,11-12H2,1-4H3. The number of oxime groups is 1. The number of hydrogen-bond acceptors (Lipinski definition) is 7. The molecule has 0 N–H and O–H groups in total. The molecule has 0 saturated heterocycles. The zero-order valence-electron chi connectivity index (χ0n) is 19.3. The van der Waals surface area contributed by atoms with E-state index in [4.69, 9.17) is 9.57 Å². The van der Waals surface area contributed by atoms with Gasteiger partial charge in [-0.1, -0.05) is 35.0 Å². The second-order valence-electron chi connectivity index (χ2n) is 8.18. The van der Waals surface area contributed by atoms with Gasteiger partial charge in [0.1, 0.15) is 12.4 Å². The van der Waals surface area contributed by atoms with Crippen molar-refractivity contribution in [3.63, 3.8) is 0 Å². The third-order valence-corrected chi connectivity index (χ3v) is 6.23. The SMILES string of the molecule is CC(=O)N(c1nc(COC(=O)C2CC(c3cccc(F)c3)=NO2)cs1)c1c(C)cc(C)cc1C. The largest absolute Gasteiger partial charge is 0.456 e. The first kappa shape index (κ1) is 23.6. The molecule has 2 heterocycles. The van der Waals surface area contributed by atoms with Crippen LogP contribution < -0.4 is 4.90 Å². The van der Waals surface area contributed by atoms with E-state index in [0.29, 0.717) is 22.1 Å². The lowest BCUT2D eigenvalue weighted by atomic mass is 10.0. The molecule has 0 spiro atoms. The second kappa shape index (κ2) is 9.72. The third-order valence-electron chi connectivity index (χ3n) is 5.36. The molecule has 0 radical (unpaired) electrons. The van der Waals surface area contributed by atoms with Crippen molar-refractivity contribution in [3.05, 3.63) is 75.5 Å². The van der Waals surface area contributed by atoms with Crippen LogP contribution in [-0.2, 0) is 25.8 Å². The Kier molecular flexibility index (Phi) is 6.74. The summed E-state index contributed by atoms with van der Waals surface area (Å²) in [6.45, 7) is 7.36. The number of carbonyl (C=O) groups is 2. The minimum Gasteiger partial charge on any atom is -0.456 e. The van der Waals surface area contributed by atoms with Crippen molar-refractivity contribution < 1.29 is 23.6 Å². The number of rotatable bonds is 6. The Labute approximate surface area is 200 Å². The van der Waals surface area contributed by atoms with Gasteiger partial charge in [-0.25, -0.2) is 14.2 Å². The molecule has 1 amide bonds. The minimum atomic E-state index is -0.900. The van der Waals surface area contributed by atoms with Gasteiger partial charge in [0.05, 0.1) is 17.1 Å². The van der Waals surface area contributed by atoms with Crippen LogP contribution in [0.2, 0.25) is 0 Å². The van der Waals surface area contributed by atoms with Gasteiger partial charge in [-0.05, 0) is 44.0 Å². The molecule has 1 aliphatic rings. The van der Waals surface area contributed by atoms with Gasteiger partial charge >= 0.3 is 5.97 Å². The lowest BCUT2D eigenvalue weighted by molar-refractivity contribution is -0.156. The Bertz CT molecular complexity index is 1260. The molecule has 1 unspecified atom stereocenters. The maximum Gasteiger partial charge on any atom is 0.351 e. The van der Waals surface area contributed by atoms with Crippen LogP contribution >= 0.6 is 11.3 Å². The fourth-order valence-electron chi connectivity index (χ4n) is 3.96. The number of aryl methyl sites for hydroxylation is 3. The highest BCUT2D eigenvalue weighted by molar-refractivity contribution is 7.14. The lowest BCUT2D eigenvalue weighted by Crippen LogP contribution is -2.25. The Balaban J connectivity index is 1.41. The van der Waals surface area contributed by atoms with Gasteiger partial charge in [-0.2, -0.15) is 0 Å². The normalized spacial score (nSPS) is 15.0. The number of halogens is 1. The number of ether oxygens (including phenoxy) is 1. The van der Waals surface area contributed by atoms with E-state index >= 15 is 0 Å². The van der Waals surface area contributed by atoms with E-state index in [9.17, 15) is 14.0 Å². The van der Waals surface area contributed by atoms with Gasteiger partial charge in [-0.15, -0.1) is 11.3 Å². The molecule has 9 heteroatoms. The van der Waals surface area contributed by atoms with Gasteiger partial charge in [-0.3, -0.25) is 9.69 Å². The van der Waals surface area contributed by atoms with Crippen LogP contribution in [0.25, 0.3) is 0 Å². The van der Waals surface area contributed by atoms with Gasteiger partial charge in [0, 0.05) is 24.3 Å². The van der Waals surface area contributed by atoms with Gasteiger partial charge in [0.15, 0.2) is 5.13 Å². The molecule has 1 atom stereocenters. The minimum absolute atomic E-state index is 0.0674. The summed E-state index contributed by atoms with van der Waals surface area (Å²) in [5.41, 5.74) is 5.44. The smallest absolute Gasteiger partial charge is 0.351 e. The quantitative estimate of drug-likeness (QED) is 0.456. The second-order valence-corrected chi connectivity index (χ2v) is 9.01. The van der Waals surface area contributed by atoms with Crippen molar-refractivity contribution in [1.82, 2.24) is 4.98 Å². The van der Waals surface area contributed by atoms with Gasteiger partial charge < -0.3 is 9.57 Å². The van der Waals surface area contributed by atoms with E-state index in [0.717, 1.165) is 22.4 Å². The first-order valence-electron chi connectivity index (χ1n) is 10.7. The van der Waals surface area contributed by atoms with Crippen LogP contribution in [0.15, 0.2) is 46.9 Å². The van der Waals surface area contributed by atoms with Crippen molar-refractivity contribution in [1.29, 1.82) is 0 Å². The highest BCUT2D eigenvalue weighted by Gasteiger charge is 2.31. The van der Waals surface area contributed by atoms with Gasteiger partial charge in [0.25, 0.3) is 0 Å². The fourth-order valence-corrected chi connectivity index (χ4v) is 4.82. The molecule has 0 saturated carbocycles. The van der Waals surface area contributed by atoms with E-state index in [1.807, 2.05) is 32.9 Å². The van der Waals surface area contributed by atoms with Crippen molar-refractivity contribution in [2.75, 3.05) is 4.90 Å². The van der Waals surface area contributed by atoms with Crippen molar-refractivity contribution in [2.24, 2.45) is 5.16 Å². The summed E-state index contributed by atoms with van der Waals surface area (Å²) >= 11 is 1.30. The summed E-state index contributed by atoms with van der Waals surface area (Å²) in [4.78, 5) is 36.3. The summed E-state index contributed by atoms with van der Waals surface area (Å²) in [7, 11) is 0. The number of amides is 1. The predicted octanol–water partition coefficient (Wildman–Crippen LogP) is 5.13. The summed E-state index contributed by atoms with van der Waals surface area (Å²) in [5, 5.41) is 6.15. The number of hydrogen-bond donors (Lipinski definition) is 0. The Morgan fingerprint density at radius 1 is 1.21 bits per heavy atom. The molecule has 0 aliphatic carbocycles. The molecule has 176 valence electrons. The van der Waals surface area contributed by atoms with Crippen LogP contribution in [0, 0.1) is 26.6 Å². The topological polar surface area (TPSA) is 81.1 Å². The third kappa shape index (κ3) is 4.99. The molecule has 7 nitrogen and oxygen atoms in total. The Morgan fingerprint density at radius 3 is 2.62 bits per heavy atom. The molecular formula is C25H24FN3O4S. The van der Waals surface area contributed by atoms with Gasteiger partial charge in [0.2, 0.25) is 12.0 Å². The first-order valence-corrected chi connectivity index (χ1v) is 11.6.